The summed E-state index contributed by atoms with van der Waals surface area (Å²) in [6, 6.07) is 5.54. The van der Waals surface area contributed by atoms with Gasteiger partial charge in [0.2, 0.25) is 5.91 Å². The van der Waals surface area contributed by atoms with Crippen LogP contribution in [0.4, 0.5) is 14.6 Å². The predicted molar refractivity (Wildman–Crippen MR) is 136 cm³/mol. The molecule has 0 aliphatic heterocycles. The molecule has 1 aliphatic rings. The molecule has 1 heterocycles. The second-order valence-electron chi connectivity index (χ2n) is 8.90. The van der Waals surface area contributed by atoms with Crippen molar-refractivity contribution < 1.29 is 23.1 Å². The zero-order valence-corrected chi connectivity index (χ0v) is 20.6. The van der Waals surface area contributed by atoms with Gasteiger partial charge in [0.1, 0.15) is 30.3 Å². The zero-order valence-electron chi connectivity index (χ0n) is 20.6. The van der Waals surface area contributed by atoms with Gasteiger partial charge in [0.15, 0.2) is 11.6 Å². The number of rotatable bonds is 9. The van der Waals surface area contributed by atoms with Gasteiger partial charge >= 0.3 is 0 Å². The van der Waals surface area contributed by atoms with Gasteiger partial charge in [-0.1, -0.05) is 12.6 Å². The van der Waals surface area contributed by atoms with Crippen LogP contribution in [0, 0.1) is 18.6 Å². The normalized spacial score (nSPS) is 12.8. The molecule has 0 bridgehead atoms. The first kappa shape index (κ1) is 25.7. The molecule has 1 aromatic heterocycles. The molecule has 4 rings (SSSR count). The number of nitrogen functional groups attached to an aromatic ring is 1. The Hall–Kier alpha value is -4.34. The quantitative estimate of drug-likeness (QED) is 0.422. The van der Waals surface area contributed by atoms with Crippen LogP contribution in [0.5, 0.6) is 5.75 Å². The van der Waals surface area contributed by atoms with Crippen LogP contribution in [-0.4, -0.2) is 46.9 Å². The molecule has 3 aromatic rings. The van der Waals surface area contributed by atoms with Gasteiger partial charge in [-0.15, -0.1) is 0 Å². The Kier molecular flexibility index (Phi) is 7.19. The molecule has 0 atom stereocenters. The van der Waals surface area contributed by atoms with Gasteiger partial charge in [0.05, 0.1) is 12.1 Å². The van der Waals surface area contributed by atoms with Gasteiger partial charge in [0.25, 0.3) is 5.91 Å². The molecule has 0 unspecified atom stereocenters. The maximum absolute atomic E-state index is 15.7. The molecule has 0 spiro atoms. The second kappa shape index (κ2) is 10.3. The highest BCUT2D eigenvalue weighted by Crippen LogP contribution is 2.47. The lowest BCUT2D eigenvalue weighted by Crippen LogP contribution is -2.29. The molecule has 1 fully saturated rings. The molecule has 8 nitrogen and oxygen atoms in total. The summed E-state index contributed by atoms with van der Waals surface area (Å²) in [5.74, 6) is -2.37. The highest BCUT2D eigenvalue weighted by Gasteiger charge is 2.31. The molecule has 4 N–H and O–H groups in total. The highest BCUT2D eigenvalue weighted by molar-refractivity contribution is 5.95. The summed E-state index contributed by atoms with van der Waals surface area (Å²) in [4.78, 5) is 33.3. The van der Waals surface area contributed by atoms with E-state index in [4.69, 9.17) is 16.2 Å². The third-order valence-corrected chi connectivity index (χ3v) is 6.41. The molecular weight excluding hydrogens is 480 g/mol. The van der Waals surface area contributed by atoms with Crippen molar-refractivity contribution in [1.29, 1.82) is 0 Å². The van der Waals surface area contributed by atoms with Crippen molar-refractivity contribution >= 4 is 17.6 Å². The number of hydrogen-bond donors (Lipinski definition) is 2. The summed E-state index contributed by atoms with van der Waals surface area (Å²) < 4.78 is 36.5. The number of likely N-dealkylation sites (N-methyl/N-ethyl adjacent to an activating group) is 1. The number of halogens is 2. The van der Waals surface area contributed by atoms with Crippen LogP contribution >= 0.6 is 0 Å². The first-order chi connectivity index (χ1) is 17.6. The monoisotopic (exact) mass is 507 g/mol. The Morgan fingerprint density at radius 1 is 1.22 bits per heavy atom. The van der Waals surface area contributed by atoms with Crippen LogP contribution in [0.15, 0.2) is 43.2 Å². The van der Waals surface area contributed by atoms with Crippen LogP contribution in [0.1, 0.15) is 40.2 Å². The van der Waals surface area contributed by atoms with Gasteiger partial charge in [-0.25, -0.2) is 18.7 Å². The highest BCUT2D eigenvalue weighted by atomic mass is 19.1. The van der Waals surface area contributed by atoms with Crippen molar-refractivity contribution in [3.8, 4) is 28.1 Å². The maximum atomic E-state index is 15.7. The van der Waals surface area contributed by atoms with Crippen LogP contribution in [0.25, 0.3) is 22.4 Å². The van der Waals surface area contributed by atoms with Crippen molar-refractivity contribution in [2.24, 2.45) is 5.73 Å². The van der Waals surface area contributed by atoms with Crippen molar-refractivity contribution in [1.82, 2.24) is 14.9 Å². The van der Waals surface area contributed by atoms with Crippen molar-refractivity contribution in [3.05, 3.63) is 71.6 Å². The number of benzene rings is 2. The van der Waals surface area contributed by atoms with E-state index in [2.05, 4.69) is 16.5 Å². The Bertz CT molecular complexity index is 1410. The molecule has 0 radical (unpaired) electrons. The van der Waals surface area contributed by atoms with Crippen LogP contribution in [0.2, 0.25) is 0 Å². The van der Waals surface area contributed by atoms with Crippen LogP contribution in [0.3, 0.4) is 0 Å². The minimum absolute atomic E-state index is 0.0217. The van der Waals surface area contributed by atoms with Gasteiger partial charge in [0, 0.05) is 18.2 Å². The predicted octanol–water partition coefficient (Wildman–Crippen LogP) is 3.98. The Balaban J connectivity index is 1.82. The number of carbonyl (C=O) groups is 2. The Morgan fingerprint density at radius 3 is 2.57 bits per heavy atom. The lowest BCUT2D eigenvalue weighted by Gasteiger charge is -2.20. The van der Waals surface area contributed by atoms with E-state index in [1.165, 1.54) is 35.5 Å². The number of anilines is 1. The fourth-order valence-corrected chi connectivity index (χ4v) is 4.25. The fraction of sp³-hybridized carbons (Fsp3) is 0.259. The van der Waals surface area contributed by atoms with Crippen LogP contribution in [-0.2, 0) is 4.79 Å². The van der Waals surface area contributed by atoms with Gasteiger partial charge in [-0.2, -0.15) is 0 Å². The molecular formula is C27H27F2N5O3. The molecule has 1 saturated carbocycles. The van der Waals surface area contributed by atoms with Crippen molar-refractivity contribution in [2.45, 2.75) is 25.7 Å². The first-order valence-electron chi connectivity index (χ1n) is 11.7. The van der Waals surface area contributed by atoms with Gasteiger partial charge in [-0.05, 0) is 66.6 Å². The number of carbonyl (C=O) groups excluding carboxylic acids is 2. The van der Waals surface area contributed by atoms with E-state index in [1.54, 1.807) is 20.0 Å². The number of ether oxygens (including phenoxy) is 1. The van der Waals surface area contributed by atoms with E-state index < -0.39 is 17.5 Å². The van der Waals surface area contributed by atoms with E-state index in [0.29, 0.717) is 16.7 Å². The van der Waals surface area contributed by atoms with E-state index in [-0.39, 0.29) is 58.9 Å². The lowest BCUT2D eigenvalue weighted by atomic mass is 9.88. The molecule has 10 heteroatoms. The summed E-state index contributed by atoms with van der Waals surface area (Å²) in [7, 11) is 1.59. The Morgan fingerprint density at radius 2 is 1.92 bits per heavy atom. The Labute approximate surface area is 213 Å². The fourth-order valence-electron chi connectivity index (χ4n) is 4.25. The lowest BCUT2D eigenvalue weighted by molar-refractivity contribution is -0.125. The molecule has 1 aliphatic carbocycles. The van der Waals surface area contributed by atoms with E-state index in [1.807, 2.05) is 0 Å². The SMILES string of the molecule is C=CC(=O)N(C)CCOc1c(N)ncnc1-c1cc(F)cc(-c2c(C3CC3)ccc(C(N)=O)c2F)c1C. The smallest absolute Gasteiger partial charge is 0.251 e. The first-order valence-corrected chi connectivity index (χ1v) is 11.7. The standard InChI is InChI=1S/C27H27F2N5O3/c1-4-21(35)34(3)9-10-37-25-24(32-13-33-26(25)30)20-12-16(28)11-19(14(20)2)22-17(15-5-6-15)7-8-18(23(22)29)27(31)36/h4,7-8,11-13,15H,1,5-6,9-10H2,2-3H3,(H2,31,36)(H2,30,32,33). The summed E-state index contributed by atoms with van der Waals surface area (Å²) in [5.41, 5.74) is 13.3. The van der Waals surface area contributed by atoms with Gasteiger partial charge < -0.3 is 21.1 Å². The minimum atomic E-state index is -0.908. The summed E-state index contributed by atoms with van der Waals surface area (Å²) >= 11 is 0. The molecule has 192 valence electrons. The molecule has 0 saturated heterocycles. The number of hydrogen-bond acceptors (Lipinski definition) is 6. The van der Waals surface area contributed by atoms with E-state index in [9.17, 15) is 9.59 Å². The van der Waals surface area contributed by atoms with Gasteiger partial charge in [-0.3, -0.25) is 9.59 Å². The molecule has 2 amide bonds. The van der Waals surface area contributed by atoms with Crippen molar-refractivity contribution in [2.75, 3.05) is 25.9 Å². The number of nitrogens with two attached hydrogens (primary N) is 2. The number of amides is 2. The third kappa shape index (κ3) is 5.13. The zero-order chi connectivity index (χ0) is 26.9. The summed E-state index contributed by atoms with van der Waals surface area (Å²) in [5, 5.41) is 0. The second-order valence-corrected chi connectivity index (χ2v) is 8.90. The largest absolute Gasteiger partial charge is 0.486 e. The molecule has 2 aromatic carbocycles. The number of aromatic nitrogens is 2. The third-order valence-electron chi connectivity index (χ3n) is 6.41. The summed E-state index contributed by atoms with van der Waals surface area (Å²) in [6.07, 6.45) is 4.14. The maximum Gasteiger partial charge on any atom is 0.251 e. The number of nitrogens with zero attached hydrogens (tertiary/aromatic N) is 3. The van der Waals surface area contributed by atoms with Crippen molar-refractivity contribution in [3.63, 3.8) is 0 Å². The number of primary amides is 1. The van der Waals surface area contributed by atoms with E-state index >= 15 is 8.78 Å². The summed E-state index contributed by atoms with van der Waals surface area (Å²) in [6.45, 7) is 5.44. The molecule has 37 heavy (non-hydrogen) atoms. The van der Waals surface area contributed by atoms with Crippen LogP contribution < -0.4 is 16.2 Å². The minimum Gasteiger partial charge on any atom is -0.486 e. The average molecular weight is 508 g/mol. The topological polar surface area (TPSA) is 124 Å². The van der Waals surface area contributed by atoms with E-state index in [0.717, 1.165) is 12.8 Å². The average Bonchev–Trinajstić information content (AvgIpc) is 3.70.